The molecular formula is C16H19NO3. The molecule has 0 aliphatic carbocycles. The number of hydrogen-bond acceptors (Lipinski definition) is 4. The Bertz CT molecular complexity index is 622. The number of ketones is 1. The van der Waals surface area contributed by atoms with Crippen molar-refractivity contribution in [1.29, 1.82) is 0 Å². The van der Waals surface area contributed by atoms with Gasteiger partial charge in [0, 0.05) is 23.2 Å². The minimum absolute atomic E-state index is 0.0131. The van der Waals surface area contributed by atoms with Crippen molar-refractivity contribution in [3.8, 4) is 11.5 Å². The second-order valence-corrected chi connectivity index (χ2v) is 4.64. The number of benzene rings is 1. The number of carbonyl (C=O) groups excluding carboxylic acids is 1. The molecule has 0 saturated carbocycles. The topological polar surface area (TPSA) is 48.4 Å². The smallest absolute Gasteiger partial charge is 0.163 e. The van der Waals surface area contributed by atoms with Crippen LogP contribution in [-0.2, 0) is 0 Å². The quantitative estimate of drug-likeness (QED) is 0.595. The van der Waals surface area contributed by atoms with E-state index in [9.17, 15) is 4.79 Å². The number of methoxy groups -OCH3 is 1. The van der Waals surface area contributed by atoms with Gasteiger partial charge < -0.3 is 9.47 Å². The standard InChI is InChI=1S/C16H19NO3/c1-4-5-8-20-16-10-14-13(9-15(16)19-3)12(11(2)18)6-7-17-14/h6-7,9-10H,4-5,8H2,1-3H3. The molecule has 106 valence electrons. The normalized spacial score (nSPS) is 10.6. The summed E-state index contributed by atoms with van der Waals surface area (Å²) in [5.74, 6) is 1.31. The maximum Gasteiger partial charge on any atom is 0.163 e. The Labute approximate surface area is 118 Å². The average Bonchev–Trinajstić information content (AvgIpc) is 2.45. The number of fused-ring (bicyclic) bond motifs is 1. The van der Waals surface area contributed by atoms with E-state index >= 15 is 0 Å². The maximum atomic E-state index is 11.7. The first kappa shape index (κ1) is 14.3. The van der Waals surface area contributed by atoms with E-state index in [0.717, 1.165) is 23.7 Å². The van der Waals surface area contributed by atoms with Crippen LogP contribution in [0.1, 0.15) is 37.0 Å². The van der Waals surface area contributed by atoms with Gasteiger partial charge >= 0.3 is 0 Å². The minimum Gasteiger partial charge on any atom is -0.493 e. The lowest BCUT2D eigenvalue weighted by molar-refractivity contribution is 0.101. The molecule has 0 aliphatic rings. The molecule has 0 spiro atoms. The Morgan fingerprint density at radius 1 is 1.30 bits per heavy atom. The van der Waals surface area contributed by atoms with Gasteiger partial charge in [-0.3, -0.25) is 9.78 Å². The fraction of sp³-hybridized carbons (Fsp3) is 0.375. The van der Waals surface area contributed by atoms with E-state index in [1.807, 2.05) is 12.1 Å². The molecule has 0 fully saturated rings. The lowest BCUT2D eigenvalue weighted by atomic mass is 10.1. The highest BCUT2D eigenvalue weighted by Gasteiger charge is 2.12. The highest BCUT2D eigenvalue weighted by Crippen LogP contribution is 2.33. The molecule has 2 rings (SSSR count). The number of ether oxygens (including phenoxy) is 2. The van der Waals surface area contributed by atoms with Crippen molar-refractivity contribution < 1.29 is 14.3 Å². The van der Waals surface area contributed by atoms with Gasteiger partial charge in [-0.15, -0.1) is 0 Å². The van der Waals surface area contributed by atoms with Crippen LogP contribution in [0.3, 0.4) is 0 Å². The maximum absolute atomic E-state index is 11.7. The molecule has 1 heterocycles. The zero-order valence-corrected chi connectivity index (χ0v) is 12.1. The molecule has 0 bridgehead atoms. The van der Waals surface area contributed by atoms with Crippen LogP contribution in [0, 0.1) is 0 Å². The van der Waals surface area contributed by atoms with Crippen LogP contribution in [0.4, 0.5) is 0 Å². The van der Waals surface area contributed by atoms with Gasteiger partial charge in [0.25, 0.3) is 0 Å². The third-order valence-corrected chi connectivity index (χ3v) is 3.16. The molecular weight excluding hydrogens is 254 g/mol. The summed E-state index contributed by atoms with van der Waals surface area (Å²) in [5, 5.41) is 0.791. The monoisotopic (exact) mass is 273 g/mol. The summed E-state index contributed by atoms with van der Waals surface area (Å²) < 4.78 is 11.1. The van der Waals surface area contributed by atoms with Crippen molar-refractivity contribution in [2.45, 2.75) is 26.7 Å². The predicted molar refractivity (Wildman–Crippen MR) is 78.7 cm³/mol. The van der Waals surface area contributed by atoms with E-state index < -0.39 is 0 Å². The van der Waals surface area contributed by atoms with Crippen LogP contribution in [0.5, 0.6) is 11.5 Å². The molecule has 0 radical (unpaired) electrons. The Kier molecular flexibility index (Phi) is 4.56. The van der Waals surface area contributed by atoms with E-state index in [0.29, 0.717) is 23.7 Å². The van der Waals surface area contributed by atoms with Gasteiger partial charge in [-0.25, -0.2) is 0 Å². The first-order valence-corrected chi connectivity index (χ1v) is 6.77. The average molecular weight is 273 g/mol. The van der Waals surface area contributed by atoms with Crippen LogP contribution in [-0.4, -0.2) is 24.5 Å². The summed E-state index contributed by atoms with van der Waals surface area (Å²) in [7, 11) is 1.59. The Balaban J connectivity index is 2.48. The Morgan fingerprint density at radius 2 is 2.10 bits per heavy atom. The summed E-state index contributed by atoms with van der Waals surface area (Å²) in [6, 6.07) is 5.37. The summed E-state index contributed by atoms with van der Waals surface area (Å²) in [5.41, 5.74) is 1.39. The Morgan fingerprint density at radius 3 is 2.75 bits per heavy atom. The number of Topliss-reactive ketones (excluding diaryl/α,β-unsaturated/α-hetero) is 1. The molecule has 2 aromatic rings. The van der Waals surface area contributed by atoms with Crippen molar-refractivity contribution in [2.24, 2.45) is 0 Å². The molecule has 0 amide bonds. The fourth-order valence-corrected chi connectivity index (χ4v) is 2.06. The van der Waals surface area contributed by atoms with Crippen molar-refractivity contribution in [3.63, 3.8) is 0 Å². The van der Waals surface area contributed by atoms with Gasteiger partial charge in [-0.2, -0.15) is 0 Å². The summed E-state index contributed by atoms with van der Waals surface area (Å²) in [6.45, 7) is 4.30. The summed E-state index contributed by atoms with van der Waals surface area (Å²) >= 11 is 0. The molecule has 4 nitrogen and oxygen atoms in total. The van der Waals surface area contributed by atoms with Crippen molar-refractivity contribution >= 4 is 16.7 Å². The van der Waals surface area contributed by atoms with Gasteiger partial charge in [-0.1, -0.05) is 13.3 Å². The van der Waals surface area contributed by atoms with Crippen LogP contribution in [0.25, 0.3) is 10.9 Å². The molecule has 0 N–H and O–H groups in total. The van der Waals surface area contributed by atoms with E-state index in [1.165, 1.54) is 0 Å². The Hall–Kier alpha value is -2.10. The van der Waals surface area contributed by atoms with Crippen LogP contribution >= 0.6 is 0 Å². The predicted octanol–water partition coefficient (Wildman–Crippen LogP) is 3.62. The van der Waals surface area contributed by atoms with E-state index in [1.54, 1.807) is 26.3 Å². The fourth-order valence-electron chi connectivity index (χ4n) is 2.06. The number of aromatic nitrogens is 1. The van der Waals surface area contributed by atoms with Gasteiger partial charge in [0.15, 0.2) is 17.3 Å². The largest absolute Gasteiger partial charge is 0.493 e. The molecule has 1 aromatic carbocycles. The van der Waals surface area contributed by atoms with Crippen molar-refractivity contribution in [2.75, 3.05) is 13.7 Å². The molecule has 1 aromatic heterocycles. The number of unbranched alkanes of at least 4 members (excludes halogenated alkanes) is 1. The number of carbonyl (C=O) groups is 1. The van der Waals surface area contributed by atoms with Gasteiger partial charge in [-0.05, 0) is 25.5 Å². The van der Waals surface area contributed by atoms with E-state index in [2.05, 4.69) is 11.9 Å². The second-order valence-electron chi connectivity index (χ2n) is 4.64. The SMILES string of the molecule is CCCCOc1cc2nccc(C(C)=O)c2cc1OC. The molecule has 4 heteroatoms. The summed E-state index contributed by atoms with van der Waals surface area (Å²) in [6.07, 6.45) is 3.70. The number of rotatable bonds is 6. The van der Waals surface area contributed by atoms with Crippen molar-refractivity contribution in [1.82, 2.24) is 4.98 Å². The minimum atomic E-state index is 0.0131. The molecule has 0 saturated heterocycles. The lowest BCUT2D eigenvalue weighted by Crippen LogP contribution is -2.01. The van der Waals surface area contributed by atoms with Crippen LogP contribution < -0.4 is 9.47 Å². The van der Waals surface area contributed by atoms with Crippen LogP contribution in [0.15, 0.2) is 24.4 Å². The van der Waals surface area contributed by atoms with E-state index in [4.69, 9.17) is 9.47 Å². The number of pyridine rings is 1. The highest BCUT2D eigenvalue weighted by molar-refractivity contribution is 6.06. The molecule has 0 aliphatic heterocycles. The first-order chi connectivity index (χ1) is 9.67. The van der Waals surface area contributed by atoms with E-state index in [-0.39, 0.29) is 5.78 Å². The summed E-state index contributed by atoms with van der Waals surface area (Å²) in [4.78, 5) is 16.0. The van der Waals surface area contributed by atoms with Gasteiger partial charge in [0.2, 0.25) is 0 Å². The molecule has 0 atom stereocenters. The van der Waals surface area contributed by atoms with Crippen LogP contribution in [0.2, 0.25) is 0 Å². The zero-order valence-electron chi connectivity index (χ0n) is 12.1. The van der Waals surface area contributed by atoms with Gasteiger partial charge in [0.1, 0.15) is 0 Å². The molecule has 20 heavy (non-hydrogen) atoms. The zero-order chi connectivity index (χ0) is 14.5. The molecule has 0 unspecified atom stereocenters. The second kappa shape index (κ2) is 6.37. The number of nitrogens with zero attached hydrogens (tertiary/aromatic N) is 1. The third kappa shape index (κ3) is 2.90. The lowest BCUT2D eigenvalue weighted by Gasteiger charge is -2.12. The highest BCUT2D eigenvalue weighted by atomic mass is 16.5. The van der Waals surface area contributed by atoms with Gasteiger partial charge in [0.05, 0.1) is 19.2 Å². The third-order valence-electron chi connectivity index (χ3n) is 3.16. The number of hydrogen-bond donors (Lipinski definition) is 0. The van der Waals surface area contributed by atoms with Crippen molar-refractivity contribution in [3.05, 3.63) is 30.0 Å². The first-order valence-electron chi connectivity index (χ1n) is 6.77.